The molecule has 26 heavy (non-hydrogen) atoms. The second-order valence-corrected chi connectivity index (χ2v) is 6.59. The van der Waals surface area contributed by atoms with Gasteiger partial charge in [0.25, 0.3) is 0 Å². The van der Waals surface area contributed by atoms with Crippen molar-refractivity contribution in [2.45, 2.75) is 17.0 Å². The fourth-order valence-electron chi connectivity index (χ4n) is 2.64. The molecular formula is C18H15N5O2S. The lowest BCUT2D eigenvalue weighted by Gasteiger charge is -2.21. The number of fused-ring (bicyclic) bond motifs is 1. The summed E-state index contributed by atoms with van der Waals surface area (Å²) in [6, 6.07) is 15.1. The monoisotopic (exact) mass is 365 g/mol. The predicted molar refractivity (Wildman–Crippen MR) is 97.7 cm³/mol. The van der Waals surface area contributed by atoms with E-state index in [-0.39, 0.29) is 5.70 Å². The molecule has 3 heterocycles. The van der Waals surface area contributed by atoms with E-state index in [1.165, 1.54) is 17.3 Å². The highest BCUT2D eigenvalue weighted by molar-refractivity contribution is 7.98. The number of thioether (sulfide) groups is 1. The van der Waals surface area contributed by atoms with Gasteiger partial charge in [-0.05, 0) is 23.8 Å². The Labute approximate surface area is 153 Å². The molecule has 0 fully saturated rings. The zero-order valence-corrected chi connectivity index (χ0v) is 14.4. The topological polar surface area (TPSA) is 92.9 Å². The number of aliphatic carboxylic acids is 1. The van der Waals surface area contributed by atoms with Crippen LogP contribution >= 0.6 is 11.8 Å². The van der Waals surface area contributed by atoms with Crippen LogP contribution in [0.5, 0.6) is 0 Å². The Morgan fingerprint density at radius 2 is 2.00 bits per heavy atom. The van der Waals surface area contributed by atoms with Crippen molar-refractivity contribution in [2.24, 2.45) is 0 Å². The van der Waals surface area contributed by atoms with Gasteiger partial charge in [-0.2, -0.15) is 4.98 Å². The van der Waals surface area contributed by atoms with Gasteiger partial charge in [0.15, 0.2) is 0 Å². The van der Waals surface area contributed by atoms with Gasteiger partial charge in [-0.1, -0.05) is 48.2 Å². The van der Waals surface area contributed by atoms with E-state index in [2.05, 4.69) is 20.4 Å². The summed E-state index contributed by atoms with van der Waals surface area (Å²) in [7, 11) is 0. The third-order valence-corrected chi connectivity index (χ3v) is 4.79. The van der Waals surface area contributed by atoms with Crippen molar-refractivity contribution in [2.75, 3.05) is 5.32 Å². The fourth-order valence-corrected chi connectivity index (χ4v) is 3.43. The number of carbonyl (C=O) groups is 1. The molecule has 0 amide bonds. The van der Waals surface area contributed by atoms with Crippen LogP contribution in [-0.4, -0.2) is 30.8 Å². The summed E-state index contributed by atoms with van der Waals surface area (Å²) in [5, 5.41) is 17.3. The van der Waals surface area contributed by atoms with Crippen molar-refractivity contribution in [3.05, 3.63) is 77.8 Å². The van der Waals surface area contributed by atoms with E-state index in [1.807, 2.05) is 48.5 Å². The number of nitrogens with zero attached hydrogens (tertiary/aromatic N) is 4. The van der Waals surface area contributed by atoms with E-state index in [9.17, 15) is 9.90 Å². The molecule has 7 nitrogen and oxygen atoms in total. The summed E-state index contributed by atoms with van der Waals surface area (Å²) in [6.45, 7) is 0. The second kappa shape index (κ2) is 7.01. The summed E-state index contributed by atoms with van der Waals surface area (Å²) < 4.78 is 1.67. The number of rotatable bonds is 5. The minimum atomic E-state index is -1.04. The molecule has 3 aromatic rings. The van der Waals surface area contributed by atoms with Crippen molar-refractivity contribution < 1.29 is 9.90 Å². The SMILES string of the molecule is O=C(O)C1=C[C@H](c2ccccn2)n2nc(SCc3ccccc3)nc2N1. The van der Waals surface area contributed by atoms with Crippen LogP contribution in [0, 0.1) is 0 Å². The van der Waals surface area contributed by atoms with Gasteiger partial charge in [0, 0.05) is 11.9 Å². The number of carboxylic acid groups (broad SMARTS) is 1. The maximum atomic E-state index is 11.4. The summed E-state index contributed by atoms with van der Waals surface area (Å²) >= 11 is 1.50. The van der Waals surface area contributed by atoms with Crippen LogP contribution in [0.1, 0.15) is 17.3 Å². The number of aromatic nitrogens is 4. The average Bonchev–Trinajstić information content (AvgIpc) is 3.10. The van der Waals surface area contributed by atoms with Crippen molar-refractivity contribution in [3.8, 4) is 0 Å². The highest BCUT2D eigenvalue weighted by atomic mass is 32.2. The Balaban J connectivity index is 1.63. The number of benzene rings is 1. The van der Waals surface area contributed by atoms with Gasteiger partial charge in [0.1, 0.15) is 11.7 Å². The molecule has 0 saturated heterocycles. The van der Waals surface area contributed by atoms with Crippen LogP contribution in [0.25, 0.3) is 0 Å². The third-order valence-electron chi connectivity index (χ3n) is 3.88. The first kappa shape index (κ1) is 16.3. The van der Waals surface area contributed by atoms with Gasteiger partial charge >= 0.3 is 5.97 Å². The number of pyridine rings is 1. The first-order valence-electron chi connectivity index (χ1n) is 7.97. The molecular weight excluding hydrogens is 350 g/mol. The lowest BCUT2D eigenvalue weighted by Crippen LogP contribution is -2.24. The Morgan fingerprint density at radius 1 is 1.19 bits per heavy atom. The molecule has 0 spiro atoms. The van der Waals surface area contributed by atoms with E-state index in [0.29, 0.717) is 16.8 Å². The van der Waals surface area contributed by atoms with Gasteiger partial charge in [-0.3, -0.25) is 4.98 Å². The summed E-state index contributed by atoms with van der Waals surface area (Å²) in [5.74, 6) is 0.0902. The molecule has 0 radical (unpaired) electrons. The maximum Gasteiger partial charge on any atom is 0.352 e. The lowest BCUT2D eigenvalue weighted by molar-refractivity contribution is -0.132. The highest BCUT2D eigenvalue weighted by Gasteiger charge is 2.27. The molecule has 0 aliphatic carbocycles. The standard InChI is InChI=1S/C18H15N5O2S/c24-16(25)14-10-15(13-8-4-5-9-19-13)23-17(20-14)21-18(22-23)26-11-12-6-2-1-3-7-12/h1-10,15H,11H2,(H,24,25)(H,20,21,22)/t15-/m1/s1. The van der Waals surface area contributed by atoms with Gasteiger partial charge in [0.05, 0.1) is 5.69 Å². The molecule has 2 N–H and O–H groups in total. The Kier molecular flexibility index (Phi) is 4.40. The molecule has 1 atom stereocenters. The van der Waals surface area contributed by atoms with Crippen LogP contribution in [-0.2, 0) is 10.5 Å². The van der Waals surface area contributed by atoms with E-state index >= 15 is 0 Å². The number of hydrogen-bond donors (Lipinski definition) is 2. The smallest absolute Gasteiger partial charge is 0.352 e. The minimum Gasteiger partial charge on any atom is -0.477 e. The molecule has 0 saturated carbocycles. The number of nitrogens with one attached hydrogen (secondary N) is 1. The molecule has 1 aromatic carbocycles. The van der Waals surface area contributed by atoms with E-state index in [0.717, 1.165) is 5.75 Å². The molecule has 0 unspecified atom stereocenters. The molecule has 8 heteroatoms. The molecule has 0 bridgehead atoms. The second-order valence-electron chi connectivity index (χ2n) is 5.65. The Bertz CT molecular complexity index is 956. The highest BCUT2D eigenvalue weighted by Crippen LogP contribution is 2.30. The van der Waals surface area contributed by atoms with Crippen LogP contribution in [0.3, 0.4) is 0 Å². The summed E-state index contributed by atoms with van der Waals surface area (Å²) in [6.07, 6.45) is 3.27. The number of allylic oxidation sites excluding steroid dienone is 1. The van der Waals surface area contributed by atoms with Crippen molar-refractivity contribution >= 4 is 23.7 Å². The Hall–Kier alpha value is -3.13. The van der Waals surface area contributed by atoms with Crippen molar-refractivity contribution in [1.82, 2.24) is 19.7 Å². The third kappa shape index (κ3) is 3.31. The molecule has 1 aliphatic rings. The zero-order chi connectivity index (χ0) is 17.9. The van der Waals surface area contributed by atoms with Gasteiger partial charge in [-0.15, -0.1) is 5.10 Å². The zero-order valence-electron chi connectivity index (χ0n) is 13.6. The molecule has 2 aromatic heterocycles. The molecule has 1 aliphatic heterocycles. The first-order chi connectivity index (χ1) is 12.7. The van der Waals surface area contributed by atoms with Crippen molar-refractivity contribution in [1.29, 1.82) is 0 Å². The first-order valence-corrected chi connectivity index (χ1v) is 8.95. The maximum absolute atomic E-state index is 11.4. The van der Waals surface area contributed by atoms with Gasteiger partial charge in [-0.25, -0.2) is 9.48 Å². The molecule has 4 rings (SSSR count). The van der Waals surface area contributed by atoms with Crippen LogP contribution < -0.4 is 5.32 Å². The fraction of sp³-hybridized carbons (Fsp3) is 0.111. The summed E-state index contributed by atoms with van der Waals surface area (Å²) in [4.78, 5) is 20.2. The van der Waals surface area contributed by atoms with Crippen molar-refractivity contribution in [3.63, 3.8) is 0 Å². The summed E-state index contributed by atoms with van der Waals surface area (Å²) in [5.41, 5.74) is 1.95. The van der Waals surface area contributed by atoms with E-state index < -0.39 is 12.0 Å². The average molecular weight is 365 g/mol. The van der Waals surface area contributed by atoms with Crippen LogP contribution in [0.15, 0.2) is 71.7 Å². The van der Waals surface area contributed by atoms with E-state index in [4.69, 9.17) is 0 Å². The normalized spacial score (nSPS) is 15.7. The van der Waals surface area contributed by atoms with Gasteiger partial charge < -0.3 is 10.4 Å². The quantitative estimate of drug-likeness (QED) is 0.672. The number of carboxylic acids is 1. The minimum absolute atomic E-state index is 0.0696. The van der Waals surface area contributed by atoms with E-state index in [1.54, 1.807) is 17.0 Å². The largest absolute Gasteiger partial charge is 0.477 e. The number of hydrogen-bond acceptors (Lipinski definition) is 6. The van der Waals surface area contributed by atoms with Gasteiger partial charge in [0.2, 0.25) is 11.1 Å². The Morgan fingerprint density at radius 3 is 2.73 bits per heavy atom. The predicted octanol–water partition coefficient (Wildman–Crippen LogP) is 2.95. The van der Waals surface area contributed by atoms with Crippen LogP contribution in [0.2, 0.25) is 0 Å². The lowest BCUT2D eigenvalue weighted by atomic mass is 10.1. The number of anilines is 1. The molecule has 130 valence electrons. The van der Waals surface area contributed by atoms with Crippen LogP contribution in [0.4, 0.5) is 5.95 Å².